The predicted molar refractivity (Wildman–Crippen MR) is 97.1 cm³/mol. The highest BCUT2D eigenvalue weighted by Gasteiger charge is 2.19. The highest BCUT2D eigenvalue weighted by Crippen LogP contribution is 2.22. The van der Waals surface area contributed by atoms with E-state index in [0.717, 1.165) is 29.8 Å². The van der Waals surface area contributed by atoms with Crippen LogP contribution in [-0.2, 0) is 4.79 Å². The molecule has 1 fully saturated rings. The summed E-state index contributed by atoms with van der Waals surface area (Å²) in [7, 11) is 0. The van der Waals surface area contributed by atoms with E-state index in [1.54, 1.807) is 0 Å². The molecule has 1 aromatic carbocycles. The van der Waals surface area contributed by atoms with Gasteiger partial charge in [-0.2, -0.15) is 5.10 Å². The number of hydrogen-bond acceptors (Lipinski definition) is 3. The Hall–Kier alpha value is -1.55. The Morgan fingerprint density at radius 1 is 1.43 bits per heavy atom. The highest BCUT2D eigenvalue weighted by molar-refractivity contribution is 6.30. The molecule has 1 saturated carbocycles. The number of amides is 1. The summed E-state index contributed by atoms with van der Waals surface area (Å²) < 4.78 is 0. The molecule has 2 N–H and O–H groups in total. The zero-order valence-electron chi connectivity index (χ0n) is 14.2. The quantitative estimate of drug-likeness (QED) is 0.777. The van der Waals surface area contributed by atoms with Crippen LogP contribution in [0.25, 0.3) is 0 Å². The lowest BCUT2D eigenvalue weighted by Crippen LogP contribution is -2.38. The number of halogens is 1. The fraction of sp³-hybridized carbons (Fsp3) is 0.556. The topological polar surface area (TPSA) is 53.5 Å². The van der Waals surface area contributed by atoms with Gasteiger partial charge in [-0.3, -0.25) is 4.79 Å². The summed E-state index contributed by atoms with van der Waals surface area (Å²) in [5.41, 5.74) is 5.81. The number of aryl methyl sites for hydroxylation is 1. The molecule has 2 rings (SSSR count). The van der Waals surface area contributed by atoms with Crippen LogP contribution in [0.5, 0.6) is 0 Å². The van der Waals surface area contributed by atoms with Crippen molar-refractivity contribution in [1.82, 2.24) is 5.43 Å². The molecule has 1 aromatic rings. The maximum atomic E-state index is 12.4. The molecular formula is C18H26ClN3O. The molecule has 1 aliphatic rings. The molecule has 23 heavy (non-hydrogen) atoms. The Morgan fingerprint density at radius 3 is 2.87 bits per heavy atom. The van der Waals surface area contributed by atoms with Gasteiger partial charge in [0.2, 0.25) is 0 Å². The Labute approximate surface area is 143 Å². The van der Waals surface area contributed by atoms with Gasteiger partial charge < -0.3 is 5.32 Å². The largest absolute Gasteiger partial charge is 0.373 e. The van der Waals surface area contributed by atoms with Gasteiger partial charge in [-0.1, -0.05) is 31.9 Å². The number of nitrogens with one attached hydrogen (secondary N) is 2. The fourth-order valence-corrected chi connectivity index (χ4v) is 3.10. The van der Waals surface area contributed by atoms with Crippen LogP contribution in [0.15, 0.2) is 23.3 Å². The van der Waals surface area contributed by atoms with Crippen LogP contribution in [0.3, 0.4) is 0 Å². The summed E-state index contributed by atoms with van der Waals surface area (Å²) in [5, 5.41) is 8.35. The average Bonchev–Trinajstić information content (AvgIpc) is 2.53. The monoisotopic (exact) mass is 335 g/mol. The standard InChI is InChI=1S/C18H26ClN3O/c1-4-15(20-16-10-9-14(19)11-13(16)3)18(23)22-21-17-8-6-5-7-12(17)2/h9-12,15,20H,4-8H2,1-3H3,(H,22,23)/t12-,15+/m1/s1. The van der Waals surface area contributed by atoms with Crippen LogP contribution in [-0.4, -0.2) is 17.7 Å². The maximum Gasteiger partial charge on any atom is 0.262 e. The van der Waals surface area contributed by atoms with Gasteiger partial charge in [0.1, 0.15) is 6.04 Å². The molecule has 4 nitrogen and oxygen atoms in total. The lowest BCUT2D eigenvalue weighted by Gasteiger charge is -2.21. The normalized spacial score (nSPS) is 21.0. The number of rotatable bonds is 5. The molecule has 126 valence electrons. The molecule has 5 heteroatoms. The minimum Gasteiger partial charge on any atom is -0.373 e. The van der Waals surface area contributed by atoms with E-state index in [1.807, 2.05) is 32.0 Å². The first kappa shape index (κ1) is 17.8. The molecule has 0 spiro atoms. The molecule has 0 unspecified atom stereocenters. The molecule has 2 atom stereocenters. The second-order valence-electron chi connectivity index (χ2n) is 6.29. The summed E-state index contributed by atoms with van der Waals surface area (Å²) in [6.45, 7) is 6.14. The van der Waals surface area contributed by atoms with Gasteiger partial charge in [0.05, 0.1) is 0 Å². The van der Waals surface area contributed by atoms with E-state index in [0.29, 0.717) is 17.4 Å². The van der Waals surface area contributed by atoms with E-state index in [9.17, 15) is 4.79 Å². The molecule has 1 aliphatic carbocycles. The second-order valence-corrected chi connectivity index (χ2v) is 6.73. The van der Waals surface area contributed by atoms with Gasteiger partial charge in [0, 0.05) is 16.4 Å². The minimum absolute atomic E-state index is 0.0906. The number of carbonyl (C=O) groups is 1. The van der Waals surface area contributed by atoms with Crippen LogP contribution in [0.4, 0.5) is 5.69 Å². The molecule has 0 aromatic heterocycles. The number of carbonyl (C=O) groups excluding carboxylic acids is 1. The molecule has 0 aliphatic heterocycles. The molecule has 0 radical (unpaired) electrons. The van der Waals surface area contributed by atoms with Crippen LogP contribution in [0.2, 0.25) is 5.02 Å². The van der Waals surface area contributed by atoms with Crippen molar-refractivity contribution in [3.05, 3.63) is 28.8 Å². The molecule has 1 amide bonds. The number of anilines is 1. The number of hydrogen-bond donors (Lipinski definition) is 2. The third-order valence-corrected chi connectivity index (χ3v) is 4.68. The zero-order valence-corrected chi connectivity index (χ0v) is 14.9. The first-order valence-electron chi connectivity index (χ1n) is 8.40. The van der Waals surface area contributed by atoms with Crippen LogP contribution in [0.1, 0.15) is 51.5 Å². The highest BCUT2D eigenvalue weighted by atomic mass is 35.5. The van der Waals surface area contributed by atoms with E-state index in [4.69, 9.17) is 11.6 Å². The first-order chi connectivity index (χ1) is 11.0. The minimum atomic E-state index is -0.307. The number of hydrazone groups is 1. The van der Waals surface area contributed by atoms with Gasteiger partial charge in [-0.05, 0) is 62.3 Å². The van der Waals surface area contributed by atoms with Crippen molar-refractivity contribution < 1.29 is 4.79 Å². The smallest absolute Gasteiger partial charge is 0.262 e. The van der Waals surface area contributed by atoms with Crippen LogP contribution < -0.4 is 10.7 Å². The third-order valence-electron chi connectivity index (χ3n) is 4.44. The number of nitrogens with zero attached hydrogens (tertiary/aromatic N) is 1. The van der Waals surface area contributed by atoms with Crippen molar-refractivity contribution in [2.75, 3.05) is 5.32 Å². The van der Waals surface area contributed by atoms with Crippen LogP contribution >= 0.6 is 11.6 Å². The Morgan fingerprint density at radius 2 is 2.22 bits per heavy atom. The van der Waals surface area contributed by atoms with Gasteiger partial charge >= 0.3 is 0 Å². The predicted octanol–water partition coefficient (Wildman–Crippen LogP) is 4.52. The lowest BCUT2D eigenvalue weighted by molar-refractivity contribution is -0.121. The van der Waals surface area contributed by atoms with Gasteiger partial charge in [-0.15, -0.1) is 0 Å². The van der Waals surface area contributed by atoms with Crippen molar-refractivity contribution in [3.8, 4) is 0 Å². The zero-order chi connectivity index (χ0) is 16.8. The van der Waals surface area contributed by atoms with E-state index in [-0.39, 0.29) is 11.9 Å². The average molecular weight is 336 g/mol. The van der Waals surface area contributed by atoms with Crippen molar-refractivity contribution in [3.63, 3.8) is 0 Å². The Balaban J connectivity index is 1.99. The van der Waals surface area contributed by atoms with Crippen molar-refractivity contribution in [1.29, 1.82) is 0 Å². The summed E-state index contributed by atoms with van der Waals surface area (Å²) in [6, 6.07) is 5.31. The van der Waals surface area contributed by atoms with Gasteiger partial charge in [0.25, 0.3) is 5.91 Å². The molecule has 0 bridgehead atoms. The van der Waals surface area contributed by atoms with E-state index >= 15 is 0 Å². The van der Waals surface area contributed by atoms with Crippen molar-refractivity contribution >= 4 is 28.9 Å². The van der Waals surface area contributed by atoms with Gasteiger partial charge in [-0.25, -0.2) is 5.43 Å². The first-order valence-corrected chi connectivity index (χ1v) is 8.78. The van der Waals surface area contributed by atoms with Crippen molar-refractivity contribution in [2.24, 2.45) is 11.0 Å². The third kappa shape index (κ3) is 4.96. The van der Waals surface area contributed by atoms with E-state index < -0.39 is 0 Å². The van der Waals surface area contributed by atoms with Crippen molar-refractivity contribution in [2.45, 2.75) is 58.9 Å². The van der Waals surface area contributed by atoms with E-state index in [2.05, 4.69) is 22.8 Å². The summed E-state index contributed by atoms with van der Waals surface area (Å²) in [6.07, 6.45) is 5.26. The molecule has 0 saturated heterocycles. The van der Waals surface area contributed by atoms with Gasteiger partial charge in [0.15, 0.2) is 0 Å². The summed E-state index contributed by atoms with van der Waals surface area (Å²) >= 11 is 5.97. The molecular weight excluding hydrogens is 310 g/mol. The second kappa shape index (κ2) is 8.34. The Bertz CT molecular complexity index is 586. The summed E-state index contributed by atoms with van der Waals surface area (Å²) in [4.78, 5) is 12.4. The Kier molecular flexibility index (Phi) is 6.46. The maximum absolute atomic E-state index is 12.4. The summed E-state index contributed by atoms with van der Waals surface area (Å²) in [5.74, 6) is 0.378. The van der Waals surface area contributed by atoms with Crippen LogP contribution in [0, 0.1) is 12.8 Å². The van der Waals surface area contributed by atoms with E-state index in [1.165, 1.54) is 12.8 Å². The fourth-order valence-electron chi connectivity index (χ4n) is 2.87. The number of benzene rings is 1. The molecule has 0 heterocycles. The lowest BCUT2D eigenvalue weighted by atomic mass is 9.89. The SMILES string of the molecule is CC[C@H](Nc1ccc(Cl)cc1C)C(=O)NN=C1CCCC[C@H]1C.